The summed E-state index contributed by atoms with van der Waals surface area (Å²) in [6.45, 7) is 8.03. The SMILES string of the molecule is CC(C)CCCCCCNCC(=O)N1CCCCCC1. The van der Waals surface area contributed by atoms with Gasteiger partial charge in [0.05, 0.1) is 6.54 Å². The summed E-state index contributed by atoms with van der Waals surface area (Å²) in [5, 5.41) is 3.31. The van der Waals surface area contributed by atoms with Crippen molar-refractivity contribution in [3.05, 3.63) is 0 Å². The van der Waals surface area contributed by atoms with Crippen LogP contribution in [0.25, 0.3) is 0 Å². The lowest BCUT2D eigenvalue weighted by Crippen LogP contribution is -2.38. The summed E-state index contributed by atoms with van der Waals surface area (Å²) in [4.78, 5) is 14.1. The van der Waals surface area contributed by atoms with Crippen molar-refractivity contribution >= 4 is 5.91 Å². The predicted octanol–water partition coefficient (Wildman–Crippen LogP) is 3.59. The van der Waals surface area contributed by atoms with E-state index in [1.807, 2.05) is 4.90 Å². The number of unbranched alkanes of at least 4 members (excludes halogenated alkanes) is 3. The van der Waals surface area contributed by atoms with E-state index in [2.05, 4.69) is 19.2 Å². The average Bonchev–Trinajstić information content (AvgIpc) is 2.70. The lowest BCUT2D eigenvalue weighted by atomic mass is 10.0. The number of hydrogen-bond acceptors (Lipinski definition) is 2. The van der Waals surface area contributed by atoms with E-state index in [0.717, 1.165) is 25.6 Å². The molecule has 1 rings (SSSR count). The number of likely N-dealkylation sites (tertiary alicyclic amines) is 1. The molecule has 1 aliphatic rings. The van der Waals surface area contributed by atoms with Crippen molar-refractivity contribution in [3.8, 4) is 0 Å². The van der Waals surface area contributed by atoms with E-state index in [-0.39, 0.29) is 0 Å². The molecular formula is C17H34N2O. The number of rotatable bonds is 9. The molecule has 0 saturated carbocycles. The van der Waals surface area contributed by atoms with Crippen molar-refractivity contribution in [3.63, 3.8) is 0 Å². The summed E-state index contributed by atoms with van der Waals surface area (Å²) in [7, 11) is 0. The number of hydrogen-bond donors (Lipinski definition) is 1. The van der Waals surface area contributed by atoms with E-state index in [1.54, 1.807) is 0 Å². The van der Waals surface area contributed by atoms with Crippen LogP contribution in [0.5, 0.6) is 0 Å². The van der Waals surface area contributed by atoms with Gasteiger partial charge < -0.3 is 10.2 Å². The highest BCUT2D eigenvalue weighted by Crippen LogP contribution is 2.10. The fourth-order valence-corrected chi connectivity index (χ4v) is 2.78. The number of nitrogens with one attached hydrogen (secondary N) is 1. The van der Waals surface area contributed by atoms with Crippen LogP contribution < -0.4 is 5.32 Å². The zero-order chi connectivity index (χ0) is 14.6. The normalized spacial score (nSPS) is 16.4. The average molecular weight is 282 g/mol. The smallest absolute Gasteiger partial charge is 0.236 e. The first kappa shape index (κ1) is 17.5. The Kier molecular flexibility index (Phi) is 9.73. The van der Waals surface area contributed by atoms with Crippen LogP contribution in [-0.4, -0.2) is 37.0 Å². The molecule has 0 aromatic heterocycles. The predicted molar refractivity (Wildman–Crippen MR) is 85.8 cm³/mol. The highest BCUT2D eigenvalue weighted by atomic mass is 16.2. The zero-order valence-electron chi connectivity index (χ0n) is 13.6. The standard InChI is InChI=1S/C17H34N2O/c1-16(2)11-7-3-4-8-12-18-15-17(20)19-13-9-5-6-10-14-19/h16,18H,3-15H2,1-2H3. The Morgan fingerprint density at radius 2 is 1.65 bits per heavy atom. The third-order valence-electron chi connectivity index (χ3n) is 4.12. The molecule has 0 aromatic carbocycles. The summed E-state index contributed by atoms with van der Waals surface area (Å²) in [6, 6.07) is 0. The molecule has 118 valence electrons. The third kappa shape index (κ3) is 8.57. The molecule has 3 heteroatoms. The van der Waals surface area contributed by atoms with Crippen molar-refractivity contribution in [2.45, 2.75) is 71.6 Å². The molecular weight excluding hydrogens is 248 g/mol. The van der Waals surface area contributed by atoms with Crippen molar-refractivity contribution < 1.29 is 4.79 Å². The Morgan fingerprint density at radius 3 is 2.30 bits per heavy atom. The van der Waals surface area contributed by atoms with Gasteiger partial charge in [0.15, 0.2) is 0 Å². The second kappa shape index (κ2) is 11.1. The van der Waals surface area contributed by atoms with E-state index in [0.29, 0.717) is 12.5 Å². The third-order valence-corrected chi connectivity index (χ3v) is 4.12. The van der Waals surface area contributed by atoms with Gasteiger partial charge in [-0.15, -0.1) is 0 Å². The van der Waals surface area contributed by atoms with E-state index < -0.39 is 0 Å². The van der Waals surface area contributed by atoms with Gasteiger partial charge in [-0.05, 0) is 31.7 Å². The Hall–Kier alpha value is -0.570. The second-order valence-electron chi connectivity index (χ2n) is 6.57. The molecule has 3 nitrogen and oxygen atoms in total. The molecule has 1 heterocycles. The molecule has 0 aliphatic carbocycles. The van der Waals surface area contributed by atoms with Gasteiger partial charge in [-0.2, -0.15) is 0 Å². The molecule has 0 atom stereocenters. The first-order valence-corrected chi connectivity index (χ1v) is 8.68. The summed E-state index contributed by atoms with van der Waals surface area (Å²) < 4.78 is 0. The quantitative estimate of drug-likeness (QED) is 0.656. The number of carbonyl (C=O) groups excluding carboxylic acids is 1. The van der Waals surface area contributed by atoms with Gasteiger partial charge in [-0.1, -0.05) is 52.4 Å². The molecule has 0 radical (unpaired) electrons. The Balaban J connectivity index is 1.93. The van der Waals surface area contributed by atoms with Crippen LogP contribution in [0.3, 0.4) is 0 Å². The van der Waals surface area contributed by atoms with Crippen molar-refractivity contribution in [1.29, 1.82) is 0 Å². The zero-order valence-corrected chi connectivity index (χ0v) is 13.6. The van der Waals surface area contributed by atoms with Crippen LogP contribution in [0, 0.1) is 5.92 Å². The maximum absolute atomic E-state index is 12.0. The van der Waals surface area contributed by atoms with Crippen LogP contribution in [0.4, 0.5) is 0 Å². The molecule has 1 aliphatic heterocycles. The van der Waals surface area contributed by atoms with Crippen LogP contribution in [0.15, 0.2) is 0 Å². The molecule has 0 spiro atoms. The maximum atomic E-state index is 12.0. The summed E-state index contributed by atoms with van der Waals surface area (Å²) in [5.74, 6) is 1.13. The minimum atomic E-state index is 0.298. The second-order valence-corrected chi connectivity index (χ2v) is 6.57. The van der Waals surface area contributed by atoms with E-state index in [4.69, 9.17) is 0 Å². The van der Waals surface area contributed by atoms with Gasteiger partial charge in [0, 0.05) is 13.1 Å². The summed E-state index contributed by atoms with van der Waals surface area (Å²) in [6.07, 6.45) is 11.5. The molecule has 1 N–H and O–H groups in total. The van der Waals surface area contributed by atoms with Crippen LogP contribution in [-0.2, 0) is 4.79 Å². The van der Waals surface area contributed by atoms with Crippen molar-refractivity contribution in [1.82, 2.24) is 10.2 Å². The maximum Gasteiger partial charge on any atom is 0.236 e. The molecule has 1 amide bonds. The van der Waals surface area contributed by atoms with Gasteiger partial charge in [0.2, 0.25) is 5.91 Å². The fraction of sp³-hybridized carbons (Fsp3) is 0.941. The van der Waals surface area contributed by atoms with Gasteiger partial charge >= 0.3 is 0 Å². The van der Waals surface area contributed by atoms with Crippen LogP contribution >= 0.6 is 0 Å². The fourth-order valence-electron chi connectivity index (χ4n) is 2.78. The number of carbonyl (C=O) groups is 1. The molecule has 1 saturated heterocycles. The molecule has 0 bridgehead atoms. The minimum absolute atomic E-state index is 0.298. The minimum Gasteiger partial charge on any atom is -0.342 e. The van der Waals surface area contributed by atoms with E-state index in [9.17, 15) is 4.79 Å². The van der Waals surface area contributed by atoms with Gasteiger partial charge in [0.25, 0.3) is 0 Å². The van der Waals surface area contributed by atoms with E-state index >= 15 is 0 Å². The van der Waals surface area contributed by atoms with Gasteiger partial charge in [-0.3, -0.25) is 4.79 Å². The Bertz CT molecular complexity index is 245. The molecule has 20 heavy (non-hydrogen) atoms. The van der Waals surface area contributed by atoms with Gasteiger partial charge in [0.1, 0.15) is 0 Å². The van der Waals surface area contributed by atoms with Crippen LogP contribution in [0.2, 0.25) is 0 Å². The van der Waals surface area contributed by atoms with E-state index in [1.165, 1.54) is 57.8 Å². The summed E-state index contributed by atoms with van der Waals surface area (Å²) >= 11 is 0. The molecule has 0 aromatic rings. The largest absolute Gasteiger partial charge is 0.342 e. The Labute approximate surface area is 125 Å². The first-order chi connectivity index (χ1) is 9.70. The highest BCUT2D eigenvalue weighted by Gasteiger charge is 2.14. The first-order valence-electron chi connectivity index (χ1n) is 8.68. The number of nitrogens with zero attached hydrogens (tertiary/aromatic N) is 1. The van der Waals surface area contributed by atoms with Crippen molar-refractivity contribution in [2.75, 3.05) is 26.2 Å². The Morgan fingerprint density at radius 1 is 1.00 bits per heavy atom. The van der Waals surface area contributed by atoms with Crippen LogP contribution in [0.1, 0.15) is 71.6 Å². The van der Waals surface area contributed by atoms with Gasteiger partial charge in [-0.25, -0.2) is 0 Å². The lowest BCUT2D eigenvalue weighted by Gasteiger charge is -2.20. The molecule has 1 fully saturated rings. The molecule has 0 unspecified atom stereocenters. The topological polar surface area (TPSA) is 32.3 Å². The summed E-state index contributed by atoms with van der Waals surface area (Å²) in [5.41, 5.74) is 0. The van der Waals surface area contributed by atoms with Crippen molar-refractivity contribution in [2.24, 2.45) is 5.92 Å². The highest BCUT2D eigenvalue weighted by molar-refractivity contribution is 5.78. The lowest BCUT2D eigenvalue weighted by molar-refractivity contribution is -0.130. The number of amides is 1. The monoisotopic (exact) mass is 282 g/mol.